The molecular formula is C35H39O2PSi. The molecule has 39 heavy (non-hydrogen) atoms. The van der Waals surface area contributed by atoms with Crippen LogP contribution >= 0.6 is 7.92 Å². The van der Waals surface area contributed by atoms with E-state index >= 15 is 0 Å². The summed E-state index contributed by atoms with van der Waals surface area (Å²) in [5.74, 6) is -0.0523. The first kappa shape index (κ1) is 27.6. The maximum Gasteiger partial charge on any atom is 0.323 e. The zero-order valence-corrected chi connectivity index (χ0v) is 25.7. The largest absolute Gasteiger partial charge is 0.509 e. The van der Waals surface area contributed by atoms with Gasteiger partial charge in [0.2, 0.25) is 0 Å². The number of hydrogen-bond donors (Lipinski definition) is 0. The fraction of sp³-hybridized carbons (Fsp3) is 0.286. The SMILES string of the molecule is CCP(CC)C(C(=O)O[Si](c1ccccc1)(c1ccccc1)C(C)(C)C)c1cccc2c1Cc1ccccc1-2. The molecule has 5 rings (SSSR count). The van der Waals surface area contributed by atoms with Gasteiger partial charge in [-0.25, -0.2) is 0 Å². The van der Waals surface area contributed by atoms with Crippen LogP contribution in [0.3, 0.4) is 0 Å². The summed E-state index contributed by atoms with van der Waals surface area (Å²) in [5, 5.41) is 2.02. The molecule has 0 radical (unpaired) electrons. The lowest BCUT2D eigenvalue weighted by molar-refractivity contribution is -0.134. The van der Waals surface area contributed by atoms with Gasteiger partial charge >= 0.3 is 14.3 Å². The Labute approximate surface area is 236 Å². The number of hydrogen-bond acceptors (Lipinski definition) is 2. The minimum absolute atomic E-state index is 0.0523. The monoisotopic (exact) mass is 550 g/mol. The van der Waals surface area contributed by atoms with E-state index in [1.807, 2.05) is 12.1 Å². The molecule has 0 N–H and O–H groups in total. The number of carbonyl (C=O) groups is 1. The second-order valence-corrected chi connectivity index (χ2v) is 18.6. The second kappa shape index (κ2) is 11.2. The molecule has 4 aromatic carbocycles. The van der Waals surface area contributed by atoms with Crippen LogP contribution in [-0.2, 0) is 15.6 Å². The Kier molecular flexibility index (Phi) is 7.94. The molecule has 0 fully saturated rings. The van der Waals surface area contributed by atoms with Crippen molar-refractivity contribution in [3.05, 3.63) is 120 Å². The predicted molar refractivity (Wildman–Crippen MR) is 169 cm³/mol. The fourth-order valence-corrected chi connectivity index (χ4v) is 13.0. The Balaban J connectivity index is 1.67. The molecule has 0 spiro atoms. The van der Waals surface area contributed by atoms with Gasteiger partial charge in [-0.1, -0.05) is 146 Å². The Morgan fingerprint density at radius 3 is 1.87 bits per heavy atom. The minimum atomic E-state index is -3.01. The van der Waals surface area contributed by atoms with Gasteiger partial charge in [0, 0.05) is 0 Å². The quantitative estimate of drug-likeness (QED) is 0.145. The number of fused-ring (bicyclic) bond motifs is 3. The van der Waals surface area contributed by atoms with E-state index in [1.54, 1.807) is 0 Å². The molecule has 1 aliphatic rings. The standard InChI is InChI=1S/C35H39O2PSi/c1-6-38(7-2)33(31-24-16-23-30-29-22-15-14-17-26(29)25-32(30)31)34(36)37-39(35(3,4)5,27-18-10-8-11-19-27)28-20-12-9-13-21-28/h8-24,33H,6-7,25H2,1-5H3. The first-order valence-corrected chi connectivity index (χ1v) is 17.8. The van der Waals surface area contributed by atoms with Crippen LogP contribution in [0.4, 0.5) is 0 Å². The summed E-state index contributed by atoms with van der Waals surface area (Å²) < 4.78 is 7.13. The van der Waals surface area contributed by atoms with Crippen molar-refractivity contribution in [2.45, 2.75) is 51.7 Å². The van der Waals surface area contributed by atoms with Crippen LogP contribution in [0.2, 0.25) is 5.04 Å². The van der Waals surface area contributed by atoms with Gasteiger partial charge in [-0.2, -0.15) is 0 Å². The lowest BCUT2D eigenvalue weighted by Gasteiger charge is -2.43. The van der Waals surface area contributed by atoms with Crippen LogP contribution in [0.5, 0.6) is 0 Å². The average Bonchev–Trinajstić information content (AvgIpc) is 3.34. The average molecular weight is 551 g/mol. The van der Waals surface area contributed by atoms with Crippen molar-refractivity contribution < 1.29 is 9.22 Å². The van der Waals surface area contributed by atoms with Crippen LogP contribution < -0.4 is 10.4 Å². The van der Waals surface area contributed by atoms with Gasteiger partial charge < -0.3 is 4.43 Å². The molecule has 2 nitrogen and oxygen atoms in total. The zero-order valence-electron chi connectivity index (χ0n) is 23.8. The minimum Gasteiger partial charge on any atom is -0.509 e. The van der Waals surface area contributed by atoms with E-state index in [9.17, 15) is 4.79 Å². The molecule has 0 aliphatic heterocycles. The van der Waals surface area contributed by atoms with Crippen molar-refractivity contribution >= 4 is 32.6 Å². The topological polar surface area (TPSA) is 26.3 Å². The molecule has 200 valence electrons. The van der Waals surface area contributed by atoms with Crippen LogP contribution in [0.15, 0.2) is 103 Å². The molecule has 0 saturated heterocycles. The van der Waals surface area contributed by atoms with E-state index < -0.39 is 16.2 Å². The van der Waals surface area contributed by atoms with Gasteiger partial charge in [-0.05, 0) is 62.0 Å². The Bertz CT molecular complexity index is 1400. The number of carbonyl (C=O) groups excluding carboxylic acids is 1. The first-order valence-electron chi connectivity index (χ1n) is 14.1. The molecule has 4 aromatic rings. The Morgan fingerprint density at radius 1 is 0.769 bits per heavy atom. The summed E-state index contributed by atoms with van der Waals surface area (Å²) in [7, 11) is -3.60. The third-order valence-corrected chi connectivity index (χ3v) is 16.0. The van der Waals surface area contributed by atoms with E-state index in [0.29, 0.717) is 0 Å². The summed E-state index contributed by atoms with van der Waals surface area (Å²) in [4.78, 5) is 14.8. The summed E-state index contributed by atoms with van der Waals surface area (Å²) in [6, 6.07) is 36.2. The van der Waals surface area contributed by atoms with Crippen molar-refractivity contribution in [3.8, 4) is 11.1 Å². The molecule has 1 atom stereocenters. The van der Waals surface area contributed by atoms with Gasteiger partial charge in [-0.15, -0.1) is 0 Å². The zero-order chi connectivity index (χ0) is 27.6. The fourth-order valence-electron chi connectivity index (χ4n) is 6.36. The predicted octanol–water partition coefficient (Wildman–Crippen LogP) is 7.92. The smallest absolute Gasteiger partial charge is 0.323 e. The van der Waals surface area contributed by atoms with E-state index in [2.05, 4.69) is 126 Å². The highest BCUT2D eigenvalue weighted by atomic mass is 31.1. The molecule has 4 heteroatoms. The van der Waals surface area contributed by atoms with Gasteiger partial charge in [0.15, 0.2) is 0 Å². The van der Waals surface area contributed by atoms with Crippen LogP contribution in [0, 0.1) is 0 Å². The normalized spacial score (nSPS) is 13.6. The van der Waals surface area contributed by atoms with Gasteiger partial charge in [0.25, 0.3) is 0 Å². The van der Waals surface area contributed by atoms with Crippen LogP contribution in [-0.4, -0.2) is 26.6 Å². The maximum atomic E-state index is 14.8. The molecule has 1 aliphatic carbocycles. The summed E-state index contributed by atoms with van der Waals surface area (Å²) >= 11 is 0. The van der Waals surface area contributed by atoms with Crippen LogP contribution in [0.25, 0.3) is 11.1 Å². The van der Waals surface area contributed by atoms with Gasteiger partial charge in [0.05, 0.1) is 0 Å². The third kappa shape index (κ3) is 4.92. The highest BCUT2D eigenvalue weighted by Crippen LogP contribution is 2.55. The first-order chi connectivity index (χ1) is 18.8. The molecule has 0 amide bonds. The van der Waals surface area contributed by atoms with Crippen molar-refractivity contribution in [3.63, 3.8) is 0 Å². The lowest BCUT2D eigenvalue weighted by atomic mass is 9.99. The number of rotatable bonds is 8. The highest BCUT2D eigenvalue weighted by molar-refractivity contribution is 7.59. The van der Waals surface area contributed by atoms with Gasteiger partial charge in [-0.3, -0.25) is 4.79 Å². The van der Waals surface area contributed by atoms with Gasteiger partial charge in [0.1, 0.15) is 5.66 Å². The van der Waals surface area contributed by atoms with E-state index in [4.69, 9.17) is 4.43 Å². The summed E-state index contributed by atoms with van der Waals surface area (Å²) in [6.45, 7) is 11.2. The summed E-state index contributed by atoms with van der Waals surface area (Å²) in [5.41, 5.74) is 6.13. The molecule has 0 bridgehead atoms. The van der Waals surface area contributed by atoms with E-state index in [-0.39, 0.29) is 16.7 Å². The van der Waals surface area contributed by atoms with Crippen molar-refractivity contribution in [2.75, 3.05) is 12.3 Å². The van der Waals surface area contributed by atoms with E-state index in [0.717, 1.165) is 29.1 Å². The lowest BCUT2D eigenvalue weighted by Crippen LogP contribution is -2.67. The maximum absolute atomic E-state index is 14.8. The molecule has 0 saturated carbocycles. The number of benzene rings is 4. The van der Waals surface area contributed by atoms with Crippen molar-refractivity contribution in [1.29, 1.82) is 0 Å². The molecule has 0 heterocycles. The van der Waals surface area contributed by atoms with E-state index in [1.165, 1.54) is 27.8 Å². The molecule has 1 unspecified atom stereocenters. The highest BCUT2D eigenvalue weighted by Gasteiger charge is 2.54. The van der Waals surface area contributed by atoms with Crippen molar-refractivity contribution in [2.24, 2.45) is 0 Å². The van der Waals surface area contributed by atoms with Crippen molar-refractivity contribution in [1.82, 2.24) is 0 Å². The molecule has 0 aromatic heterocycles. The molecular weight excluding hydrogens is 511 g/mol. The Hall–Kier alpha value is -3.00. The Morgan fingerprint density at radius 2 is 1.31 bits per heavy atom. The second-order valence-electron chi connectivity index (χ2n) is 11.4. The van der Waals surface area contributed by atoms with Crippen LogP contribution in [0.1, 0.15) is 57.0 Å². The third-order valence-electron chi connectivity index (χ3n) is 8.25. The summed E-state index contributed by atoms with van der Waals surface area (Å²) in [6.07, 6.45) is 2.85.